The summed E-state index contributed by atoms with van der Waals surface area (Å²) in [6, 6.07) is 9.39. The van der Waals surface area contributed by atoms with Crippen LogP contribution in [0.4, 0.5) is 0 Å². The summed E-state index contributed by atoms with van der Waals surface area (Å²) in [6.07, 6.45) is 0.374. The molecule has 1 atom stereocenters. The fourth-order valence-corrected chi connectivity index (χ4v) is 3.23. The van der Waals surface area contributed by atoms with E-state index in [0.29, 0.717) is 12.0 Å². The van der Waals surface area contributed by atoms with Gasteiger partial charge in [-0.2, -0.15) is 0 Å². The molecule has 0 aliphatic heterocycles. The van der Waals surface area contributed by atoms with E-state index in [2.05, 4.69) is 0 Å². The highest BCUT2D eigenvalue weighted by Gasteiger charge is 2.29. The predicted octanol–water partition coefficient (Wildman–Crippen LogP) is 2.28. The Kier molecular flexibility index (Phi) is 4.90. The molecule has 1 unspecified atom stereocenters. The van der Waals surface area contributed by atoms with Gasteiger partial charge in [0.15, 0.2) is 5.78 Å². The minimum Gasteiger partial charge on any atom is -0.508 e. The van der Waals surface area contributed by atoms with Gasteiger partial charge in [-0.1, -0.05) is 19.1 Å². The molecule has 2 aromatic carbocycles. The topological polar surface area (TPSA) is 115 Å². The lowest BCUT2D eigenvalue weighted by molar-refractivity contribution is 0.0957. The Bertz CT molecular complexity index is 780. The highest BCUT2D eigenvalue weighted by Crippen LogP contribution is 2.37. The van der Waals surface area contributed by atoms with Crippen LogP contribution < -0.4 is 5.30 Å². The van der Waals surface area contributed by atoms with Crippen molar-refractivity contribution < 1.29 is 29.4 Å². The first-order valence-corrected chi connectivity index (χ1v) is 8.57. The second-order valence-corrected chi connectivity index (χ2v) is 6.74. The van der Waals surface area contributed by atoms with Gasteiger partial charge in [-0.05, 0) is 42.3 Å². The molecule has 2 aromatic rings. The standard InChI is InChI=1S/C16H17O6P/c1-2-13(10-4-3-5-11(17)8-10)16(19)14-9-12(18)6-7-15(14)23(20,21)22/h3-9,13,17-18H,2H2,1H3,(H2,20,21,22). The molecule has 0 saturated heterocycles. The van der Waals surface area contributed by atoms with Crippen LogP contribution >= 0.6 is 7.60 Å². The number of ketones is 1. The van der Waals surface area contributed by atoms with Crippen LogP contribution in [0.25, 0.3) is 0 Å². The summed E-state index contributed by atoms with van der Waals surface area (Å²) in [5.41, 5.74) is 0.325. The maximum absolute atomic E-state index is 12.8. The minimum atomic E-state index is -4.66. The van der Waals surface area contributed by atoms with Crippen LogP contribution in [-0.2, 0) is 4.57 Å². The first kappa shape index (κ1) is 17.2. The first-order chi connectivity index (χ1) is 10.7. The number of carbonyl (C=O) groups excluding carboxylic acids is 1. The summed E-state index contributed by atoms with van der Waals surface area (Å²) < 4.78 is 11.6. The number of phenols is 2. The van der Waals surface area contributed by atoms with Gasteiger partial charge in [0.2, 0.25) is 0 Å². The first-order valence-electron chi connectivity index (χ1n) is 6.96. The van der Waals surface area contributed by atoms with Crippen LogP contribution in [0.15, 0.2) is 42.5 Å². The van der Waals surface area contributed by atoms with Crippen LogP contribution in [0.1, 0.15) is 35.2 Å². The molecule has 0 heterocycles. The van der Waals surface area contributed by atoms with Gasteiger partial charge in [0.25, 0.3) is 0 Å². The zero-order valence-corrected chi connectivity index (χ0v) is 13.3. The Balaban J connectivity index is 2.54. The molecule has 0 aliphatic carbocycles. The van der Waals surface area contributed by atoms with Gasteiger partial charge >= 0.3 is 7.60 Å². The molecule has 0 aliphatic rings. The van der Waals surface area contributed by atoms with E-state index >= 15 is 0 Å². The molecule has 0 fully saturated rings. The Hall–Kier alpha value is -2.14. The van der Waals surface area contributed by atoms with Gasteiger partial charge in [-0.3, -0.25) is 9.36 Å². The highest BCUT2D eigenvalue weighted by atomic mass is 31.2. The fourth-order valence-electron chi connectivity index (χ4n) is 2.48. The molecular weight excluding hydrogens is 319 g/mol. The summed E-state index contributed by atoms with van der Waals surface area (Å²) in [4.78, 5) is 31.6. The van der Waals surface area contributed by atoms with Crippen molar-refractivity contribution in [1.29, 1.82) is 0 Å². The molecule has 0 saturated carbocycles. The van der Waals surface area contributed by atoms with E-state index < -0.39 is 24.6 Å². The van der Waals surface area contributed by atoms with Gasteiger partial charge in [0.1, 0.15) is 11.5 Å². The smallest absolute Gasteiger partial charge is 0.356 e. The van der Waals surface area contributed by atoms with Gasteiger partial charge in [-0.25, -0.2) is 0 Å². The van der Waals surface area contributed by atoms with Gasteiger partial charge in [0.05, 0.1) is 5.30 Å². The quantitative estimate of drug-likeness (QED) is 0.492. The largest absolute Gasteiger partial charge is 0.508 e. The average molecular weight is 336 g/mol. The Morgan fingerprint density at radius 2 is 1.74 bits per heavy atom. The molecule has 23 heavy (non-hydrogen) atoms. The Morgan fingerprint density at radius 3 is 2.30 bits per heavy atom. The summed E-state index contributed by atoms with van der Waals surface area (Å²) >= 11 is 0. The lowest BCUT2D eigenvalue weighted by atomic mass is 9.88. The van der Waals surface area contributed by atoms with Crippen molar-refractivity contribution in [3.05, 3.63) is 53.6 Å². The highest BCUT2D eigenvalue weighted by molar-refractivity contribution is 7.60. The number of hydrogen-bond acceptors (Lipinski definition) is 4. The van der Waals surface area contributed by atoms with E-state index in [1.54, 1.807) is 19.1 Å². The van der Waals surface area contributed by atoms with E-state index in [4.69, 9.17) is 0 Å². The molecule has 0 amide bonds. The molecule has 0 radical (unpaired) electrons. The van der Waals surface area contributed by atoms with Crippen molar-refractivity contribution in [3.8, 4) is 11.5 Å². The van der Waals surface area contributed by atoms with Crippen molar-refractivity contribution in [2.45, 2.75) is 19.3 Å². The van der Waals surface area contributed by atoms with Crippen LogP contribution in [0, 0.1) is 0 Å². The van der Waals surface area contributed by atoms with E-state index in [1.807, 2.05) is 0 Å². The maximum atomic E-state index is 12.8. The summed E-state index contributed by atoms with van der Waals surface area (Å²) in [5.74, 6) is -1.46. The molecule has 7 heteroatoms. The van der Waals surface area contributed by atoms with Crippen LogP contribution in [0.2, 0.25) is 0 Å². The number of carbonyl (C=O) groups is 1. The van der Waals surface area contributed by atoms with E-state index in [-0.39, 0.29) is 17.1 Å². The van der Waals surface area contributed by atoms with E-state index in [9.17, 15) is 29.4 Å². The zero-order valence-electron chi connectivity index (χ0n) is 12.4. The summed E-state index contributed by atoms with van der Waals surface area (Å²) in [5, 5.41) is 18.7. The van der Waals surface area contributed by atoms with Gasteiger partial charge < -0.3 is 20.0 Å². The number of phenolic OH excluding ortho intramolecular Hbond substituents is 2. The molecular formula is C16H17O6P. The lowest BCUT2D eigenvalue weighted by Gasteiger charge is -2.17. The SMILES string of the molecule is CCC(C(=O)c1cc(O)ccc1P(=O)(O)O)c1cccc(O)c1. The van der Waals surface area contributed by atoms with E-state index in [1.165, 1.54) is 12.1 Å². The monoisotopic (exact) mass is 336 g/mol. The number of rotatable bonds is 5. The van der Waals surface area contributed by atoms with Gasteiger partial charge in [-0.15, -0.1) is 0 Å². The van der Waals surface area contributed by atoms with E-state index in [0.717, 1.165) is 18.2 Å². The van der Waals surface area contributed by atoms with Crippen LogP contribution in [0.5, 0.6) is 11.5 Å². The minimum absolute atomic E-state index is 0.000120. The molecule has 6 nitrogen and oxygen atoms in total. The molecule has 122 valence electrons. The Labute approximate surface area is 133 Å². The summed E-state index contributed by atoms with van der Waals surface area (Å²) in [7, 11) is -4.66. The summed E-state index contributed by atoms with van der Waals surface area (Å²) in [6.45, 7) is 1.76. The van der Waals surface area contributed by atoms with Crippen molar-refractivity contribution in [2.75, 3.05) is 0 Å². The van der Waals surface area contributed by atoms with Crippen molar-refractivity contribution in [2.24, 2.45) is 0 Å². The normalized spacial score (nSPS) is 12.8. The van der Waals surface area contributed by atoms with Gasteiger partial charge in [0, 0.05) is 11.5 Å². The molecule has 0 spiro atoms. The number of hydrogen-bond donors (Lipinski definition) is 4. The third kappa shape index (κ3) is 3.79. The molecule has 4 N–H and O–H groups in total. The molecule has 0 bridgehead atoms. The second kappa shape index (κ2) is 6.54. The maximum Gasteiger partial charge on any atom is 0.356 e. The van der Waals surface area contributed by atoms with Crippen LogP contribution in [0.3, 0.4) is 0 Å². The average Bonchev–Trinajstić information content (AvgIpc) is 2.46. The number of aromatic hydroxyl groups is 2. The third-order valence-electron chi connectivity index (χ3n) is 3.56. The molecule has 2 rings (SSSR count). The fraction of sp³-hybridized carbons (Fsp3) is 0.188. The van der Waals surface area contributed by atoms with Crippen LogP contribution in [-0.4, -0.2) is 25.8 Å². The second-order valence-electron chi connectivity index (χ2n) is 5.17. The zero-order chi connectivity index (χ0) is 17.2. The molecule has 0 aromatic heterocycles. The van der Waals surface area contributed by atoms with Crippen molar-refractivity contribution >= 4 is 18.7 Å². The number of Topliss-reactive ketones (excluding diaryl/α,β-unsaturated/α-hetero) is 1. The van der Waals surface area contributed by atoms with Crippen molar-refractivity contribution in [3.63, 3.8) is 0 Å². The number of benzene rings is 2. The van der Waals surface area contributed by atoms with Crippen molar-refractivity contribution in [1.82, 2.24) is 0 Å². The Morgan fingerprint density at radius 1 is 1.09 bits per heavy atom. The third-order valence-corrected chi connectivity index (χ3v) is 4.57. The lowest BCUT2D eigenvalue weighted by Crippen LogP contribution is -2.21. The predicted molar refractivity (Wildman–Crippen MR) is 85.3 cm³/mol.